The maximum absolute atomic E-state index is 12.9. The van der Waals surface area contributed by atoms with Gasteiger partial charge in [-0.1, -0.05) is 6.07 Å². The van der Waals surface area contributed by atoms with E-state index in [1.807, 2.05) is 24.4 Å². The minimum Gasteiger partial charge on any atom is -0.383 e. The largest absolute Gasteiger partial charge is 0.383 e. The summed E-state index contributed by atoms with van der Waals surface area (Å²) in [6.07, 6.45) is 0. The Morgan fingerprint density at radius 2 is 2.04 bits per heavy atom. The number of thioether (sulfide) groups is 1. The van der Waals surface area contributed by atoms with Gasteiger partial charge >= 0.3 is 0 Å². The molecule has 1 atom stereocenters. The smallest absolute Gasteiger partial charge is 0.191 e. The molecule has 0 aliphatic heterocycles. The van der Waals surface area contributed by atoms with Crippen molar-refractivity contribution in [2.75, 3.05) is 25.4 Å². The fraction of sp³-hybridized carbons (Fsp3) is 0.389. The quantitative estimate of drug-likeness (QED) is 0.284. The molecule has 7 heteroatoms. The van der Waals surface area contributed by atoms with E-state index in [2.05, 4.69) is 15.6 Å². The van der Waals surface area contributed by atoms with Crippen LogP contribution in [-0.2, 0) is 5.60 Å². The third-order valence-corrected chi connectivity index (χ3v) is 5.55. The lowest BCUT2D eigenvalue weighted by Crippen LogP contribution is -2.39. The zero-order valence-corrected chi connectivity index (χ0v) is 16.1. The molecule has 0 radical (unpaired) electrons. The van der Waals surface area contributed by atoms with E-state index < -0.39 is 5.60 Å². The van der Waals surface area contributed by atoms with Gasteiger partial charge in [0.05, 0.1) is 6.54 Å². The van der Waals surface area contributed by atoms with Gasteiger partial charge in [0.2, 0.25) is 0 Å². The summed E-state index contributed by atoms with van der Waals surface area (Å²) >= 11 is 3.18. The molecular formula is C18H24FN3OS2. The number of hydrogen-bond acceptors (Lipinski definition) is 4. The number of hydrogen-bond donors (Lipinski definition) is 3. The van der Waals surface area contributed by atoms with Crippen LogP contribution in [0, 0.1) is 5.82 Å². The maximum atomic E-state index is 12.9. The number of benzene rings is 1. The van der Waals surface area contributed by atoms with E-state index in [9.17, 15) is 9.50 Å². The number of halogens is 1. The molecule has 0 aliphatic rings. The van der Waals surface area contributed by atoms with Crippen molar-refractivity contribution in [3.8, 4) is 0 Å². The normalized spacial score (nSPS) is 14.2. The van der Waals surface area contributed by atoms with Crippen molar-refractivity contribution < 1.29 is 9.50 Å². The lowest BCUT2D eigenvalue weighted by atomic mass is 10.1. The van der Waals surface area contributed by atoms with Gasteiger partial charge in [-0.3, -0.25) is 0 Å². The molecule has 1 aromatic heterocycles. The van der Waals surface area contributed by atoms with E-state index in [-0.39, 0.29) is 12.4 Å². The predicted octanol–water partition coefficient (Wildman–Crippen LogP) is 3.44. The first-order chi connectivity index (χ1) is 12.0. The van der Waals surface area contributed by atoms with E-state index in [1.165, 1.54) is 23.5 Å². The minimum atomic E-state index is -0.973. The molecule has 0 aliphatic carbocycles. The lowest BCUT2D eigenvalue weighted by Gasteiger charge is -2.20. The first-order valence-corrected chi connectivity index (χ1v) is 10.0. The second kappa shape index (κ2) is 9.79. The third kappa shape index (κ3) is 6.68. The number of aliphatic imine (C=N–C) groups is 1. The summed E-state index contributed by atoms with van der Waals surface area (Å²) in [4.78, 5) is 6.42. The van der Waals surface area contributed by atoms with Gasteiger partial charge in [0.1, 0.15) is 11.4 Å². The number of thiophene rings is 1. The lowest BCUT2D eigenvalue weighted by molar-refractivity contribution is 0.0711. The van der Waals surface area contributed by atoms with E-state index >= 15 is 0 Å². The summed E-state index contributed by atoms with van der Waals surface area (Å²) in [5.74, 6) is 1.29. The van der Waals surface area contributed by atoms with Gasteiger partial charge in [-0.2, -0.15) is 0 Å². The molecule has 1 aromatic carbocycles. The number of aliphatic hydroxyl groups is 1. The molecule has 0 amide bonds. The standard InChI is InChI=1S/C18H24FN3OS2/c1-3-20-17(22-13-18(2,23)16-5-4-11-25-16)21-10-12-24-15-8-6-14(19)7-9-15/h4-9,11,23H,3,10,12-13H2,1-2H3,(H2,20,21,22). The SMILES string of the molecule is CCNC(=NCC(C)(O)c1cccs1)NCCSc1ccc(F)cc1. The first kappa shape index (κ1) is 19.8. The summed E-state index contributed by atoms with van der Waals surface area (Å²) in [7, 11) is 0. The Kier molecular flexibility index (Phi) is 7.74. The Bertz CT molecular complexity index is 657. The van der Waals surface area contributed by atoms with Crippen molar-refractivity contribution in [1.82, 2.24) is 10.6 Å². The Morgan fingerprint density at radius 1 is 1.28 bits per heavy atom. The van der Waals surface area contributed by atoms with Crippen LogP contribution in [0.1, 0.15) is 18.7 Å². The monoisotopic (exact) mass is 381 g/mol. The van der Waals surface area contributed by atoms with Gasteiger partial charge in [0, 0.05) is 28.6 Å². The Morgan fingerprint density at radius 3 is 2.68 bits per heavy atom. The molecule has 0 saturated carbocycles. The van der Waals surface area contributed by atoms with Crippen LogP contribution in [0.2, 0.25) is 0 Å². The Labute approximate surface area is 156 Å². The molecule has 3 N–H and O–H groups in total. The number of rotatable bonds is 8. The molecular weight excluding hydrogens is 357 g/mol. The van der Waals surface area contributed by atoms with Gasteiger partial charge in [-0.25, -0.2) is 9.38 Å². The van der Waals surface area contributed by atoms with Crippen LogP contribution in [0.4, 0.5) is 4.39 Å². The van der Waals surface area contributed by atoms with Crippen LogP contribution in [0.5, 0.6) is 0 Å². The van der Waals surface area contributed by atoms with E-state index in [0.29, 0.717) is 5.96 Å². The molecule has 0 bridgehead atoms. The second-order valence-electron chi connectivity index (χ2n) is 5.68. The highest BCUT2D eigenvalue weighted by molar-refractivity contribution is 7.99. The van der Waals surface area contributed by atoms with Gasteiger partial charge in [0.25, 0.3) is 0 Å². The zero-order chi connectivity index (χ0) is 18.1. The summed E-state index contributed by atoms with van der Waals surface area (Å²) in [6, 6.07) is 10.3. The molecule has 2 rings (SSSR count). The number of nitrogens with zero attached hydrogens (tertiary/aromatic N) is 1. The van der Waals surface area contributed by atoms with Crippen LogP contribution in [0.3, 0.4) is 0 Å². The zero-order valence-electron chi connectivity index (χ0n) is 14.5. The van der Waals surface area contributed by atoms with Crippen molar-refractivity contribution in [3.05, 3.63) is 52.5 Å². The fourth-order valence-electron chi connectivity index (χ4n) is 2.11. The summed E-state index contributed by atoms with van der Waals surface area (Å²) in [6.45, 7) is 5.53. The van der Waals surface area contributed by atoms with Crippen molar-refractivity contribution in [2.24, 2.45) is 4.99 Å². The Balaban J connectivity index is 1.82. The predicted molar refractivity (Wildman–Crippen MR) is 105 cm³/mol. The average molecular weight is 382 g/mol. The molecule has 0 saturated heterocycles. The third-order valence-electron chi connectivity index (χ3n) is 3.42. The maximum Gasteiger partial charge on any atom is 0.191 e. The van der Waals surface area contributed by atoms with Gasteiger partial charge < -0.3 is 15.7 Å². The van der Waals surface area contributed by atoms with Crippen LogP contribution in [-0.4, -0.2) is 36.5 Å². The van der Waals surface area contributed by atoms with E-state index in [0.717, 1.165) is 28.6 Å². The van der Waals surface area contributed by atoms with Crippen molar-refractivity contribution in [2.45, 2.75) is 24.3 Å². The Hall–Kier alpha value is -1.57. The van der Waals surface area contributed by atoms with Crippen LogP contribution in [0.15, 0.2) is 51.7 Å². The van der Waals surface area contributed by atoms with Crippen molar-refractivity contribution in [1.29, 1.82) is 0 Å². The summed E-state index contributed by atoms with van der Waals surface area (Å²) in [5.41, 5.74) is -0.973. The summed E-state index contributed by atoms with van der Waals surface area (Å²) in [5, 5.41) is 18.9. The van der Waals surface area contributed by atoms with Crippen LogP contribution in [0.25, 0.3) is 0 Å². The van der Waals surface area contributed by atoms with Gasteiger partial charge in [-0.15, -0.1) is 23.1 Å². The fourth-order valence-corrected chi connectivity index (χ4v) is 3.65. The highest BCUT2D eigenvalue weighted by atomic mass is 32.2. The molecule has 4 nitrogen and oxygen atoms in total. The first-order valence-electron chi connectivity index (χ1n) is 8.18. The molecule has 1 heterocycles. The van der Waals surface area contributed by atoms with Gasteiger partial charge in [0.15, 0.2) is 5.96 Å². The molecule has 25 heavy (non-hydrogen) atoms. The average Bonchev–Trinajstić information content (AvgIpc) is 3.13. The highest BCUT2D eigenvalue weighted by Gasteiger charge is 2.23. The summed E-state index contributed by atoms with van der Waals surface area (Å²) < 4.78 is 12.9. The van der Waals surface area contributed by atoms with E-state index in [4.69, 9.17) is 0 Å². The number of guanidine groups is 1. The molecule has 136 valence electrons. The van der Waals surface area contributed by atoms with Gasteiger partial charge in [-0.05, 0) is 49.6 Å². The molecule has 1 unspecified atom stereocenters. The molecule has 2 aromatic rings. The second-order valence-corrected chi connectivity index (χ2v) is 7.79. The number of nitrogens with one attached hydrogen (secondary N) is 2. The van der Waals surface area contributed by atoms with Crippen LogP contribution < -0.4 is 10.6 Å². The topological polar surface area (TPSA) is 56.7 Å². The minimum absolute atomic E-state index is 0.221. The van der Waals surface area contributed by atoms with Crippen molar-refractivity contribution >= 4 is 29.1 Å². The molecule has 0 spiro atoms. The van der Waals surface area contributed by atoms with Crippen LogP contribution >= 0.6 is 23.1 Å². The van der Waals surface area contributed by atoms with E-state index in [1.54, 1.807) is 30.8 Å². The molecule has 0 fully saturated rings. The highest BCUT2D eigenvalue weighted by Crippen LogP contribution is 2.25. The van der Waals surface area contributed by atoms with Crippen molar-refractivity contribution in [3.63, 3.8) is 0 Å².